The fourth-order valence-electron chi connectivity index (χ4n) is 4.38. The molecule has 0 aliphatic heterocycles. The van der Waals surface area contributed by atoms with E-state index in [9.17, 15) is 4.79 Å². The normalized spacial score (nSPS) is 24.0. The van der Waals surface area contributed by atoms with Crippen molar-refractivity contribution in [3.05, 3.63) is 5.82 Å². The third-order valence-electron chi connectivity index (χ3n) is 6.10. The van der Waals surface area contributed by atoms with Crippen LogP contribution in [-0.4, -0.2) is 32.6 Å². The van der Waals surface area contributed by atoms with Gasteiger partial charge in [0.15, 0.2) is 5.82 Å². The van der Waals surface area contributed by atoms with Crippen molar-refractivity contribution >= 4 is 5.91 Å². The van der Waals surface area contributed by atoms with Gasteiger partial charge in [-0.2, -0.15) is 5.21 Å². The van der Waals surface area contributed by atoms with E-state index < -0.39 is 5.41 Å². The van der Waals surface area contributed by atoms with Gasteiger partial charge in [-0.05, 0) is 50.4 Å². The van der Waals surface area contributed by atoms with Crippen LogP contribution in [0.3, 0.4) is 0 Å². The van der Waals surface area contributed by atoms with Gasteiger partial charge in [0, 0.05) is 6.04 Å². The lowest BCUT2D eigenvalue weighted by Crippen LogP contribution is -2.51. The predicted molar refractivity (Wildman–Crippen MR) is 83.1 cm³/mol. The van der Waals surface area contributed by atoms with E-state index in [-0.39, 0.29) is 5.91 Å². The first-order valence-electron chi connectivity index (χ1n) is 8.69. The molecule has 0 aromatic carbocycles. The average Bonchev–Trinajstić information content (AvgIpc) is 3.02. The molecule has 2 aliphatic carbocycles. The van der Waals surface area contributed by atoms with Gasteiger partial charge in [0.25, 0.3) is 0 Å². The molecule has 122 valence electrons. The number of tetrazole rings is 1. The highest BCUT2D eigenvalue weighted by atomic mass is 16.2. The molecule has 1 aromatic heterocycles. The first-order chi connectivity index (χ1) is 10.6. The molecule has 6 heteroatoms. The predicted octanol–water partition coefficient (Wildman–Crippen LogP) is 2.49. The van der Waals surface area contributed by atoms with Gasteiger partial charge in [0.1, 0.15) is 5.41 Å². The van der Waals surface area contributed by atoms with Crippen LogP contribution in [0.25, 0.3) is 0 Å². The van der Waals surface area contributed by atoms with Gasteiger partial charge in [-0.25, -0.2) is 0 Å². The van der Waals surface area contributed by atoms with E-state index in [2.05, 4.69) is 25.9 Å². The first-order valence-corrected chi connectivity index (χ1v) is 8.69. The summed E-state index contributed by atoms with van der Waals surface area (Å²) in [6, 6.07) is 0.311. The van der Waals surface area contributed by atoms with Gasteiger partial charge >= 0.3 is 0 Å². The molecular weight excluding hydrogens is 278 g/mol. The Morgan fingerprint density at radius 1 is 1.32 bits per heavy atom. The van der Waals surface area contributed by atoms with E-state index in [1.54, 1.807) is 0 Å². The van der Waals surface area contributed by atoms with Gasteiger partial charge in [-0.1, -0.05) is 31.9 Å². The number of aromatic amines is 1. The second-order valence-electron chi connectivity index (χ2n) is 7.14. The highest BCUT2D eigenvalue weighted by molar-refractivity contribution is 5.87. The fraction of sp³-hybridized carbons (Fsp3) is 0.875. The Kier molecular flexibility index (Phi) is 4.19. The lowest BCUT2D eigenvalue weighted by molar-refractivity contribution is -0.129. The van der Waals surface area contributed by atoms with E-state index in [0.29, 0.717) is 30.1 Å². The fourth-order valence-corrected chi connectivity index (χ4v) is 4.38. The Morgan fingerprint density at radius 3 is 2.59 bits per heavy atom. The van der Waals surface area contributed by atoms with E-state index in [1.165, 1.54) is 32.1 Å². The molecule has 0 bridgehead atoms. The monoisotopic (exact) mass is 305 g/mol. The third-order valence-corrected chi connectivity index (χ3v) is 6.10. The first kappa shape index (κ1) is 15.4. The van der Waals surface area contributed by atoms with Gasteiger partial charge in [0.2, 0.25) is 5.91 Å². The minimum absolute atomic E-state index is 0.0697. The van der Waals surface area contributed by atoms with Crippen LogP contribution in [0.1, 0.15) is 77.5 Å². The maximum Gasteiger partial charge on any atom is 0.234 e. The molecule has 1 amide bonds. The van der Waals surface area contributed by atoms with Crippen molar-refractivity contribution in [2.75, 3.05) is 0 Å². The Morgan fingerprint density at radius 2 is 2.05 bits per heavy atom. The van der Waals surface area contributed by atoms with Crippen LogP contribution in [0.5, 0.6) is 0 Å². The number of carbonyl (C=O) groups is 1. The van der Waals surface area contributed by atoms with E-state index in [4.69, 9.17) is 0 Å². The van der Waals surface area contributed by atoms with Gasteiger partial charge < -0.3 is 5.32 Å². The molecule has 2 saturated carbocycles. The number of amides is 1. The zero-order valence-electron chi connectivity index (χ0n) is 13.7. The van der Waals surface area contributed by atoms with Crippen molar-refractivity contribution in [2.24, 2.45) is 5.41 Å². The van der Waals surface area contributed by atoms with E-state index >= 15 is 0 Å². The molecule has 22 heavy (non-hydrogen) atoms. The van der Waals surface area contributed by atoms with Crippen LogP contribution in [0.4, 0.5) is 0 Å². The highest BCUT2D eigenvalue weighted by Gasteiger charge is 2.45. The molecule has 3 rings (SSSR count). The molecule has 2 aliphatic rings. The average molecular weight is 305 g/mol. The smallest absolute Gasteiger partial charge is 0.234 e. The number of rotatable bonds is 5. The molecule has 2 fully saturated rings. The second kappa shape index (κ2) is 5.97. The largest absolute Gasteiger partial charge is 0.352 e. The highest BCUT2D eigenvalue weighted by Crippen LogP contribution is 2.51. The zero-order valence-corrected chi connectivity index (χ0v) is 13.7. The Bertz CT molecular complexity index is 505. The molecule has 2 N–H and O–H groups in total. The number of nitrogens with zero attached hydrogens (tertiary/aromatic N) is 3. The maximum absolute atomic E-state index is 13.0. The standard InChI is InChI=1S/C16H27N5O/c1-3-16(4-2,13-18-20-21-19-13)14(22)17-12-7-5-8-15(11-12)9-6-10-15/h12H,3-11H2,1-2H3,(H,17,22)(H,18,19,20,21). The van der Waals surface area contributed by atoms with Crippen molar-refractivity contribution in [3.8, 4) is 0 Å². The zero-order chi connectivity index (χ0) is 15.6. The van der Waals surface area contributed by atoms with Crippen molar-refractivity contribution in [2.45, 2.75) is 83.1 Å². The number of hydrogen-bond donors (Lipinski definition) is 2. The van der Waals surface area contributed by atoms with Gasteiger partial charge in [-0.3, -0.25) is 4.79 Å². The molecule has 1 atom stereocenters. The van der Waals surface area contributed by atoms with Gasteiger partial charge in [0.05, 0.1) is 0 Å². The van der Waals surface area contributed by atoms with Crippen LogP contribution >= 0.6 is 0 Å². The second-order valence-corrected chi connectivity index (χ2v) is 7.14. The molecular formula is C16H27N5O. The van der Waals surface area contributed by atoms with Crippen molar-refractivity contribution < 1.29 is 4.79 Å². The summed E-state index contributed by atoms with van der Waals surface area (Å²) in [4.78, 5) is 13.0. The summed E-state index contributed by atoms with van der Waals surface area (Å²) in [6.07, 6.45) is 10.2. The van der Waals surface area contributed by atoms with E-state index in [0.717, 1.165) is 12.8 Å². The summed E-state index contributed by atoms with van der Waals surface area (Å²) in [5, 5.41) is 17.6. The molecule has 1 spiro atoms. The number of hydrogen-bond acceptors (Lipinski definition) is 4. The number of aromatic nitrogens is 4. The van der Waals surface area contributed by atoms with Crippen LogP contribution in [0.15, 0.2) is 0 Å². The molecule has 1 heterocycles. The summed E-state index contributed by atoms with van der Waals surface area (Å²) in [5.74, 6) is 0.587. The summed E-state index contributed by atoms with van der Waals surface area (Å²) in [6.45, 7) is 4.04. The molecule has 1 unspecified atom stereocenters. The summed E-state index contributed by atoms with van der Waals surface area (Å²) in [7, 11) is 0. The lowest BCUT2D eigenvalue weighted by Gasteiger charge is -2.48. The maximum atomic E-state index is 13.0. The Hall–Kier alpha value is -1.46. The Balaban J connectivity index is 1.71. The minimum atomic E-state index is -0.656. The molecule has 1 aromatic rings. The van der Waals surface area contributed by atoms with E-state index in [1.807, 2.05) is 13.8 Å². The van der Waals surface area contributed by atoms with Crippen LogP contribution in [0.2, 0.25) is 0 Å². The van der Waals surface area contributed by atoms with Crippen molar-refractivity contribution in [1.29, 1.82) is 0 Å². The number of nitrogens with one attached hydrogen (secondary N) is 2. The minimum Gasteiger partial charge on any atom is -0.352 e. The van der Waals surface area contributed by atoms with Crippen molar-refractivity contribution in [3.63, 3.8) is 0 Å². The topological polar surface area (TPSA) is 83.6 Å². The van der Waals surface area contributed by atoms with Gasteiger partial charge in [-0.15, -0.1) is 10.2 Å². The molecule has 0 saturated heterocycles. The summed E-state index contributed by atoms with van der Waals surface area (Å²) in [5.41, 5.74) is -0.124. The third kappa shape index (κ3) is 2.52. The SMILES string of the molecule is CCC(CC)(C(=O)NC1CCCC2(CCC2)C1)c1nn[nH]n1. The van der Waals surface area contributed by atoms with Crippen LogP contribution in [0, 0.1) is 5.41 Å². The summed E-state index contributed by atoms with van der Waals surface area (Å²) >= 11 is 0. The number of H-pyrrole nitrogens is 1. The number of carbonyl (C=O) groups excluding carboxylic acids is 1. The Labute approximate surface area is 131 Å². The summed E-state index contributed by atoms with van der Waals surface area (Å²) < 4.78 is 0. The lowest BCUT2D eigenvalue weighted by atomic mass is 9.59. The van der Waals surface area contributed by atoms with Crippen LogP contribution in [-0.2, 0) is 10.2 Å². The quantitative estimate of drug-likeness (QED) is 0.875. The molecule has 6 nitrogen and oxygen atoms in total. The molecule has 0 radical (unpaired) electrons. The van der Waals surface area contributed by atoms with Crippen LogP contribution < -0.4 is 5.32 Å². The van der Waals surface area contributed by atoms with Crippen molar-refractivity contribution in [1.82, 2.24) is 25.9 Å².